The summed E-state index contributed by atoms with van der Waals surface area (Å²) in [5.74, 6) is 0.344. The molecule has 4 rings (SSSR count). The van der Waals surface area contributed by atoms with E-state index in [2.05, 4.69) is 24.3 Å². The highest BCUT2D eigenvalue weighted by molar-refractivity contribution is 7.86. The Labute approximate surface area is 207 Å². The van der Waals surface area contributed by atoms with Crippen molar-refractivity contribution in [2.75, 3.05) is 18.7 Å². The highest BCUT2D eigenvalue weighted by atomic mass is 31.3. The molecular formula is C15H20BF2N4O12P3-. The number of hydrogen-bond acceptors (Lipinski definition) is 12. The van der Waals surface area contributed by atoms with E-state index >= 15 is 0 Å². The number of anilines is 1. The average molecular weight is 590 g/mol. The van der Waals surface area contributed by atoms with Crippen molar-refractivity contribution in [3.8, 4) is 0 Å². The van der Waals surface area contributed by atoms with Gasteiger partial charge < -0.3 is 50.9 Å². The maximum absolute atomic E-state index is 13.6. The van der Waals surface area contributed by atoms with Crippen molar-refractivity contribution in [3.63, 3.8) is 0 Å². The molecule has 16 nitrogen and oxygen atoms in total. The molecule has 6 N–H and O–H groups in total. The Morgan fingerprint density at radius 3 is 2.65 bits per heavy atom. The first-order valence-corrected chi connectivity index (χ1v) is 15.0. The minimum absolute atomic E-state index is 0.276. The van der Waals surface area contributed by atoms with Crippen molar-refractivity contribution in [2.24, 2.45) is 0 Å². The number of aliphatic hydroxyl groups excluding tert-OH is 1. The van der Waals surface area contributed by atoms with Crippen LogP contribution in [-0.2, 0) is 38.5 Å². The van der Waals surface area contributed by atoms with Gasteiger partial charge in [0.05, 0.1) is 26.1 Å². The zero-order valence-electron chi connectivity index (χ0n) is 18.6. The summed E-state index contributed by atoms with van der Waals surface area (Å²) in [7, 11) is -13.5. The molecule has 2 aromatic rings. The number of halogens is 2. The molecule has 0 aromatic carbocycles. The molecule has 1 saturated heterocycles. The van der Waals surface area contributed by atoms with Gasteiger partial charge in [0.2, 0.25) is 0 Å². The Morgan fingerprint density at radius 1 is 1.32 bits per heavy atom. The molecule has 0 bridgehead atoms. The smallest absolute Gasteiger partial charge is 0.443 e. The monoisotopic (exact) mass is 590 g/mol. The lowest BCUT2D eigenvalue weighted by molar-refractivity contribution is -0.0946. The van der Waals surface area contributed by atoms with Gasteiger partial charge in [-0.15, -0.1) is 0 Å². The number of nitrogens with zero attached hydrogens (tertiary/aromatic N) is 3. The average Bonchev–Trinajstić information content (AvgIpc) is 3.13. The third-order valence-corrected chi connectivity index (χ3v) is 10.9. The van der Waals surface area contributed by atoms with Crippen LogP contribution in [0.25, 0.3) is 11.0 Å². The summed E-state index contributed by atoms with van der Waals surface area (Å²) in [6.07, 6.45) is -1.43. The van der Waals surface area contributed by atoms with E-state index in [-0.39, 0.29) is 12.3 Å². The predicted octanol–water partition coefficient (Wildman–Crippen LogP) is 0.563. The van der Waals surface area contributed by atoms with Crippen molar-refractivity contribution in [3.05, 3.63) is 18.1 Å². The van der Waals surface area contributed by atoms with Crippen LogP contribution in [0.15, 0.2) is 12.5 Å². The van der Waals surface area contributed by atoms with E-state index in [9.17, 15) is 37.6 Å². The molecule has 2 aliphatic rings. The summed E-state index contributed by atoms with van der Waals surface area (Å²) >= 11 is 0. The first kappa shape index (κ1) is 28.7. The molecule has 3 radical (unpaired) electrons. The van der Waals surface area contributed by atoms with Gasteiger partial charge in [-0.1, -0.05) is 0 Å². The van der Waals surface area contributed by atoms with Gasteiger partial charge in [-0.3, -0.25) is 18.3 Å². The van der Waals surface area contributed by atoms with Crippen LogP contribution in [0.1, 0.15) is 18.7 Å². The second-order valence-electron chi connectivity index (χ2n) is 8.37. The van der Waals surface area contributed by atoms with Crippen molar-refractivity contribution in [1.29, 1.82) is 0 Å². The maximum Gasteiger partial charge on any atom is 0.444 e. The summed E-state index contributed by atoms with van der Waals surface area (Å²) in [4.78, 5) is 40.1. The van der Waals surface area contributed by atoms with Crippen molar-refractivity contribution in [1.82, 2.24) is 14.5 Å². The first-order valence-electron chi connectivity index (χ1n) is 10.2. The number of alkyl halides is 2. The first-order chi connectivity index (χ1) is 16.9. The van der Waals surface area contributed by atoms with E-state index in [1.165, 1.54) is 17.8 Å². The Kier molecular flexibility index (Phi) is 7.29. The number of aromatic nitrogens is 3. The quantitative estimate of drug-likeness (QED) is 0.182. The molecule has 1 fully saturated rings. The summed E-state index contributed by atoms with van der Waals surface area (Å²) < 4.78 is 77.5. The fraction of sp³-hybridized carbons (Fsp3) is 0.600. The van der Waals surface area contributed by atoms with E-state index in [4.69, 9.17) is 26.9 Å². The Hall–Kier alpha value is -1.33. The summed E-state index contributed by atoms with van der Waals surface area (Å²) in [5, 5.41) is 16.5. The number of aliphatic hydroxyl groups is 2. The van der Waals surface area contributed by atoms with Crippen LogP contribution < -0.4 is 5.48 Å². The van der Waals surface area contributed by atoms with Crippen molar-refractivity contribution < 1.29 is 65.8 Å². The largest absolute Gasteiger partial charge is 0.444 e. The van der Waals surface area contributed by atoms with E-state index in [0.29, 0.717) is 23.2 Å². The molecule has 2 aromatic heterocycles. The highest BCUT2D eigenvalue weighted by Gasteiger charge is 2.65. The standard InChI is InChI=1S/C15H20BF2N4O12P3/c1-14(24)10(23)8(5-32-37(16,30)34-36(28,29)15(17,18)35(25,26)27)33-13(14)22-4-7-2-3-31-21-11-9(7)12(22)20-6-19-11/h4,6,8,10,13,23-24H,2-3,5H2,1H3,(H,28,29)(H,19,20,21)(H2,25,26,27)/q-1/t8-,10-,13?,14-,37?/m1/s1. The zero-order chi connectivity index (χ0) is 27.6. The van der Waals surface area contributed by atoms with Gasteiger partial charge in [-0.2, -0.15) is 8.78 Å². The van der Waals surface area contributed by atoms with Crippen LogP contribution >= 0.6 is 22.7 Å². The van der Waals surface area contributed by atoms with Gasteiger partial charge in [0.1, 0.15) is 29.8 Å². The lowest BCUT2D eigenvalue weighted by Crippen LogP contribution is -2.44. The van der Waals surface area contributed by atoms with Crippen LogP contribution in [0, 0.1) is 0 Å². The molecule has 37 heavy (non-hydrogen) atoms. The molecular weight excluding hydrogens is 570 g/mol. The predicted molar refractivity (Wildman–Crippen MR) is 119 cm³/mol. The second-order valence-corrected chi connectivity index (χ2v) is 14.0. The number of rotatable bonds is 8. The second kappa shape index (κ2) is 9.40. The Balaban J connectivity index is 1.55. The molecule has 3 unspecified atom stereocenters. The SMILES string of the molecule is [B-]P(=O)(OC[C@H]1OC(n2cc3c4c(ncnc42)NOCC3)[C@](C)(O)[C@@H]1O)OP(=O)(O)C(F)(F)P(=O)(O)O. The normalized spacial score (nSPS) is 29.9. The Bertz CT molecular complexity index is 1360. The van der Waals surface area contributed by atoms with Crippen LogP contribution in [-0.4, -0.2) is 83.4 Å². The topological polar surface area (TPSA) is 232 Å². The van der Waals surface area contributed by atoms with E-state index in [1.807, 2.05) is 0 Å². The minimum atomic E-state index is -6.63. The molecule has 0 spiro atoms. The summed E-state index contributed by atoms with van der Waals surface area (Å²) in [6.45, 7) is 0.451. The third kappa shape index (κ3) is 5.04. The fourth-order valence-corrected chi connectivity index (χ4v) is 7.65. The van der Waals surface area contributed by atoms with Crippen LogP contribution in [0.3, 0.4) is 0 Å². The number of nitrogens with one attached hydrogen (secondary N) is 1. The Morgan fingerprint density at radius 2 is 2.00 bits per heavy atom. The van der Waals surface area contributed by atoms with E-state index < -0.39 is 58.7 Å². The van der Waals surface area contributed by atoms with Gasteiger partial charge in [0.15, 0.2) is 12.0 Å². The van der Waals surface area contributed by atoms with Crippen molar-refractivity contribution >= 4 is 47.1 Å². The van der Waals surface area contributed by atoms with E-state index in [0.717, 1.165) is 0 Å². The van der Waals surface area contributed by atoms with E-state index in [1.54, 1.807) is 6.20 Å². The lowest BCUT2D eigenvalue weighted by atomic mass is 9.96. The maximum atomic E-state index is 13.6. The minimum Gasteiger partial charge on any atom is -0.443 e. The van der Waals surface area contributed by atoms with Crippen LogP contribution in [0.2, 0.25) is 0 Å². The van der Waals surface area contributed by atoms with Gasteiger partial charge in [0, 0.05) is 12.6 Å². The molecule has 22 heteroatoms. The molecule has 0 aliphatic carbocycles. The van der Waals surface area contributed by atoms with Crippen molar-refractivity contribution in [2.45, 2.75) is 42.8 Å². The van der Waals surface area contributed by atoms with Gasteiger partial charge in [-0.25, -0.2) is 15.4 Å². The number of ether oxygens (including phenoxy) is 1. The van der Waals surface area contributed by atoms with Crippen LogP contribution in [0.4, 0.5) is 14.6 Å². The lowest BCUT2D eigenvalue weighted by Gasteiger charge is -2.32. The van der Waals surface area contributed by atoms with Gasteiger partial charge >= 0.3 is 20.6 Å². The molecule has 6 atom stereocenters. The third-order valence-electron chi connectivity index (χ3n) is 5.67. The fourth-order valence-electron chi connectivity index (χ4n) is 3.83. The summed E-state index contributed by atoms with van der Waals surface area (Å²) in [5.41, 5.74) is 1.62. The highest BCUT2D eigenvalue weighted by Crippen LogP contribution is 2.77. The van der Waals surface area contributed by atoms with Crippen LogP contribution in [0.5, 0.6) is 0 Å². The molecule has 4 heterocycles. The molecule has 0 amide bonds. The molecule has 2 aliphatic heterocycles. The van der Waals surface area contributed by atoms with Gasteiger partial charge in [-0.05, 0) is 12.5 Å². The number of hydrogen-bond donors (Lipinski definition) is 6. The van der Waals surface area contributed by atoms with Gasteiger partial charge in [0.25, 0.3) is 0 Å². The summed E-state index contributed by atoms with van der Waals surface area (Å²) in [6, 6.07) is 0. The zero-order valence-corrected chi connectivity index (χ0v) is 21.3. The molecule has 205 valence electrons. The molecule has 0 saturated carbocycles.